The standard InChI is InChI=1S/C12H15BrN2O2/c1-3-9(2)14-15-12(16)8-17-11-6-4-10(13)5-7-11/h4-7H,3,8H2,1-2H3,(H,15,16). The first-order valence-corrected chi connectivity index (χ1v) is 6.11. The summed E-state index contributed by atoms with van der Waals surface area (Å²) in [7, 11) is 0. The van der Waals surface area contributed by atoms with Gasteiger partial charge in [-0.3, -0.25) is 4.79 Å². The second-order valence-electron chi connectivity index (χ2n) is 3.48. The third-order valence-electron chi connectivity index (χ3n) is 2.07. The lowest BCUT2D eigenvalue weighted by Gasteiger charge is -2.05. The molecule has 5 heteroatoms. The predicted molar refractivity (Wildman–Crippen MR) is 71.2 cm³/mol. The zero-order valence-corrected chi connectivity index (χ0v) is 11.5. The van der Waals surface area contributed by atoms with Gasteiger partial charge >= 0.3 is 0 Å². The van der Waals surface area contributed by atoms with Crippen molar-refractivity contribution in [3.05, 3.63) is 28.7 Å². The van der Waals surface area contributed by atoms with E-state index >= 15 is 0 Å². The quantitative estimate of drug-likeness (QED) is 0.671. The van der Waals surface area contributed by atoms with Crippen molar-refractivity contribution in [1.82, 2.24) is 5.43 Å². The minimum atomic E-state index is -0.263. The largest absolute Gasteiger partial charge is 0.484 e. The number of hydrogen-bond donors (Lipinski definition) is 1. The van der Waals surface area contributed by atoms with Crippen molar-refractivity contribution < 1.29 is 9.53 Å². The molecule has 1 N–H and O–H groups in total. The maximum Gasteiger partial charge on any atom is 0.277 e. The van der Waals surface area contributed by atoms with Gasteiger partial charge in [-0.05, 0) is 37.6 Å². The van der Waals surface area contributed by atoms with Gasteiger partial charge < -0.3 is 4.74 Å². The van der Waals surface area contributed by atoms with Crippen molar-refractivity contribution in [2.24, 2.45) is 5.10 Å². The third-order valence-corrected chi connectivity index (χ3v) is 2.60. The summed E-state index contributed by atoms with van der Waals surface area (Å²) >= 11 is 3.32. The number of hydrogen-bond acceptors (Lipinski definition) is 3. The van der Waals surface area contributed by atoms with Crippen LogP contribution in [-0.4, -0.2) is 18.2 Å². The van der Waals surface area contributed by atoms with E-state index in [1.807, 2.05) is 26.0 Å². The van der Waals surface area contributed by atoms with E-state index < -0.39 is 0 Å². The Bertz CT molecular complexity index is 401. The van der Waals surface area contributed by atoms with Gasteiger partial charge in [0.1, 0.15) is 5.75 Å². The minimum absolute atomic E-state index is 0.0396. The van der Waals surface area contributed by atoms with Gasteiger partial charge in [0.2, 0.25) is 0 Å². The number of nitrogens with one attached hydrogen (secondary N) is 1. The first-order chi connectivity index (χ1) is 8.11. The molecular weight excluding hydrogens is 284 g/mol. The van der Waals surface area contributed by atoms with E-state index in [0.717, 1.165) is 16.6 Å². The van der Waals surface area contributed by atoms with Crippen LogP contribution in [0.3, 0.4) is 0 Å². The molecular formula is C12H15BrN2O2. The normalized spacial score (nSPS) is 11.1. The zero-order valence-electron chi connectivity index (χ0n) is 9.87. The SMILES string of the molecule is CCC(C)=NNC(=O)COc1ccc(Br)cc1. The summed E-state index contributed by atoms with van der Waals surface area (Å²) < 4.78 is 6.26. The molecule has 0 spiro atoms. The molecule has 1 aromatic rings. The van der Waals surface area contributed by atoms with Crippen molar-refractivity contribution >= 4 is 27.5 Å². The first-order valence-electron chi connectivity index (χ1n) is 5.32. The van der Waals surface area contributed by atoms with Gasteiger partial charge in [-0.2, -0.15) is 5.10 Å². The average molecular weight is 299 g/mol. The van der Waals surface area contributed by atoms with E-state index in [2.05, 4.69) is 26.5 Å². The van der Waals surface area contributed by atoms with E-state index in [0.29, 0.717) is 5.75 Å². The molecule has 92 valence electrons. The van der Waals surface area contributed by atoms with E-state index in [9.17, 15) is 4.79 Å². The zero-order chi connectivity index (χ0) is 12.7. The van der Waals surface area contributed by atoms with Crippen LogP contribution >= 0.6 is 15.9 Å². The molecule has 0 fully saturated rings. The summed E-state index contributed by atoms with van der Waals surface area (Å²) in [6, 6.07) is 7.29. The molecule has 1 rings (SSSR count). The lowest BCUT2D eigenvalue weighted by Crippen LogP contribution is -2.25. The van der Waals surface area contributed by atoms with Gasteiger partial charge in [0, 0.05) is 10.2 Å². The molecule has 0 atom stereocenters. The van der Waals surface area contributed by atoms with Gasteiger partial charge in [-0.15, -0.1) is 0 Å². The fourth-order valence-corrected chi connectivity index (χ4v) is 1.21. The van der Waals surface area contributed by atoms with Gasteiger partial charge in [0.25, 0.3) is 5.91 Å². The number of carbonyl (C=O) groups excluding carboxylic acids is 1. The Morgan fingerprint density at radius 2 is 2.06 bits per heavy atom. The first kappa shape index (κ1) is 13.7. The lowest BCUT2D eigenvalue weighted by atomic mass is 10.3. The van der Waals surface area contributed by atoms with Gasteiger partial charge in [-0.25, -0.2) is 5.43 Å². The third kappa shape index (κ3) is 5.49. The second-order valence-corrected chi connectivity index (χ2v) is 4.39. The maximum atomic E-state index is 11.4. The lowest BCUT2D eigenvalue weighted by molar-refractivity contribution is -0.123. The Morgan fingerprint density at radius 3 is 2.65 bits per heavy atom. The minimum Gasteiger partial charge on any atom is -0.484 e. The highest BCUT2D eigenvalue weighted by Gasteiger charge is 2.01. The molecule has 0 saturated heterocycles. The average Bonchev–Trinajstić information content (AvgIpc) is 2.35. The number of halogens is 1. The van der Waals surface area contributed by atoms with E-state index in [1.165, 1.54) is 0 Å². The summed E-state index contributed by atoms with van der Waals surface area (Å²) in [5.74, 6) is 0.389. The van der Waals surface area contributed by atoms with Crippen LogP contribution in [0.5, 0.6) is 5.75 Å². The van der Waals surface area contributed by atoms with Crippen LogP contribution in [-0.2, 0) is 4.79 Å². The monoisotopic (exact) mass is 298 g/mol. The molecule has 0 aliphatic heterocycles. The number of amides is 1. The number of hydrazone groups is 1. The van der Waals surface area contributed by atoms with E-state index in [1.54, 1.807) is 12.1 Å². The van der Waals surface area contributed by atoms with Crippen molar-refractivity contribution in [3.63, 3.8) is 0 Å². The Labute approximate surface area is 109 Å². The Morgan fingerprint density at radius 1 is 1.41 bits per heavy atom. The summed E-state index contributed by atoms with van der Waals surface area (Å²) in [5, 5.41) is 3.90. The van der Waals surface area contributed by atoms with Gasteiger partial charge in [-0.1, -0.05) is 22.9 Å². The van der Waals surface area contributed by atoms with E-state index in [-0.39, 0.29) is 12.5 Å². The van der Waals surface area contributed by atoms with Crippen molar-refractivity contribution in [2.75, 3.05) is 6.61 Å². The highest BCUT2D eigenvalue weighted by atomic mass is 79.9. The van der Waals surface area contributed by atoms with Crippen LogP contribution in [0.2, 0.25) is 0 Å². The van der Waals surface area contributed by atoms with Crippen LogP contribution in [0.1, 0.15) is 20.3 Å². The van der Waals surface area contributed by atoms with Crippen molar-refractivity contribution in [1.29, 1.82) is 0 Å². The molecule has 1 aromatic carbocycles. The molecule has 17 heavy (non-hydrogen) atoms. The molecule has 1 amide bonds. The van der Waals surface area contributed by atoms with Crippen molar-refractivity contribution in [3.8, 4) is 5.75 Å². The number of rotatable bonds is 5. The molecule has 0 bridgehead atoms. The number of carbonyl (C=O) groups is 1. The summed E-state index contributed by atoms with van der Waals surface area (Å²) in [6.45, 7) is 3.79. The maximum absolute atomic E-state index is 11.4. The second kappa shape index (κ2) is 7.06. The van der Waals surface area contributed by atoms with Crippen molar-refractivity contribution in [2.45, 2.75) is 20.3 Å². The molecule has 0 aromatic heterocycles. The number of benzene rings is 1. The predicted octanol–water partition coefficient (Wildman–Crippen LogP) is 2.73. The molecule has 0 radical (unpaired) electrons. The number of nitrogens with zero attached hydrogens (tertiary/aromatic N) is 1. The topological polar surface area (TPSA) is 50.7 Å². The van der Waals surface area contributed by atoms with Gasteiger partial charge in [0.05, 0.1) is 0 Å². The fourth-order valence-electron chi connectivity index (χ4n) is 0.949. The van der Waals surface area contributed by atoms with E-state index in [4.69, 9.17) is 4.74 Å². The molecule has 0 heterocycles. The smallest absolute Gasteiger partial charge is 0.277 e. The Balaban J connectivity index is 2.36. The van der Waals surface area contributed by atoms with Crippen LogP contribution in [0.4, 0.5) is 0 Å². The highest BCUT2D eigenvalue weighted by molar-refractivity contribution is 9.10. The molecule has 0 unspecified atom stereocenters. The molecule has 4 nitrogen and oxygen atoms in total. The summed E-state index contributed by atoms with van der Waals surface area (Å²) in [5.41, 5.74) is 3.31. The van der Waals surface area contributed by atoms with Crippen LogP contribution in [0, 0.1) is 0 Å². The summed E-state index contributed by atoms with van der Waals surface area (Å²) in [6.07, 6.45) is 0.813. The van der Waals surface area contributed by atoms with Gasteiger partial charge in [0.15, 0.2) is 6.61 Å². The molecule has 0 aliphatic carbocycles. The van der Waals surface area contributed by atoms with Crippen LogP contribution in [0.25, 0.3) is 0 Å². The van der Waals surface area contributed by atoms with Crippen LogP contribution in [0.15, 0.2) is 33.8 Å². The number of ether oxygens (including phenoxy) is 1. The molecule has 0 saturated carbocycles. The summed E-state index contributed by atoms with van der Waals surface area (Å²) in [4.78, 5) is 11.4. The fraction of sp³-hybridized carbons (Fsp3) is 0.333. The highest BCUT2D eigenvalue weighted by Crippen LogP contribution is 2.15. The Kier molecular flexibility index (Phi) is 5.69. The Hall–Kier alpha value is -1.36. The molecule has 0 aliphatic rings. The van der Waals surface area contributed by atoms with Crippen LogP contribution < -0.4 is 10.2 Å².